The lowest BCUT2D eigenvalue weighted by Crippen LogP contribution is -2.19. The van der Waals surface area contributed by atoms with Crippen LogP contribution in [0.5, 0.6) is 11.5 Å². The van der Waals surface area contributed by atoms with Crippen LogP contribution in [0, 0.1) is 0 Å². The van der Waals surface area contributed by atoms with E-state index in [0.717, 1.165) is 30.6 Å². The summed E-state index contributed by atoms with van der Waals surface area (Å²) in [5.41, 5.74) is 3.25. The standard InChI is InChI=1S/C18H19ClN2O3.ClH/c1-23-16-10-15(17(24-2)9-13(16)19)21-18(22)12-5-3-7-14-11(12)6-4-8-20-14;/h3,5,7,9-10,20H,4,6,8H2,1-2H3,(H,21,22);1H. The van der Waals surface area contributed by atoms with Crippen LogP contribution in [-0.2, 0) is 6.42 Å². The van der Waals surface area contributed by atoms with Crippen molar-refractivity contribution in [2.45, 2.75) is 12.8 Å². The van der Waals surface area contributed by atoms with Crippen LogP contribution in [0.15, 0.2) is 30.3 Å². The first kappa shape index (κ1) is 19.2. The molecule has 5 nitrogen and oxygen atoms in total. The number of hydrogen-bond acceptors (Lipinski definition) is 4. The number of anilines is 2. The molecule has 1 aliphatic rings. The lowest BCUT2D eigenvalue weighted by atomic mass is 9.97. The zero-order valence-electron chi connectivity index (χ0n) is 14.0. The number of methoxy groups -OCH3 is 2. The third kappa shape index (κ3) is 3.94. The Labute approximate surface area is 158 Å². The summed E-state index contributed by atoms with van der Waals surface area (Å²) in [4.78, 5) is 12.8. The van der Waals surface area contributed by atoms with Crippen LogP contribution >= 0.6 is 24.0 Å². The van der Waals surface area contributed by atoms with E-state index in [2.05, 4.69) is 10.6 Å². The number of nitrogens with one attached hydrogen (secondary N) is 2. The Morgan fingerprint density at radius 1 is 1.20 bits per heavy atom. The molecule has 0 aliphatic carbocycles. The van der Waals surface area contributed by atoms with Gasteiger partial charge >= 0.3 is 0 Å². The van der Waals surface area contributed by atoms with E-state index in [4.69, 9.17) is 21.1 Å². The quantitative estimate of drug-likeness (QED) is 0.822. The van der Waals surface area contributed by atoms with Crippen molar-refractivity contribution < 1.29 is 14.3 Å². The van der Waals surface area contributed by atoms with Gasteiger partial charge in [0, 0.05) is 29.9 Å². The van der Waals surface area contributed by atoms with Crippen molar-refractivity contribution in [3.05, 3.63) is 46.5 Å². The fraction of sp³-hybridized carbons (Fsp3) is 0.278. The Morgan fingerprint density at radius 3 is 2.68 bits per heavy atom. The van der Waals surface area contributed by atoms with Gasteiger partial charge in [0.25, 0.3) is 5.91 Å². The minimum atomic E-state index is -0.182. The first-order chi connectivity index (χ1) is 11.6. The Kier molecular flexibility index (Phi) is 6.39. The second-order valence-corrected chi connectivity index (χ2v) is 5.91. The van der Waals surface area contributed by atoms with Crippen molar-refractivity contribution >= 4 is 41.3 Å². The molecule has 0 saturated heterocycles. The van der Waals surface area contributed by atoms with Crippen molar-refractivity contribution in [2.24, 2.45) is 0 Å². The number of carbonyl (C=O) groups excluding carboxylic acids is 1. The van der Waals surface area contributed by atoms with Gasteiger partial charge in [0.15, 0.2) is 0 Å². The van der Waals surface area contributed by atoms with Gasteiger partial charge in [-0.15, -0.1) is 12.4 Å². The molecule has 7 heteroatoms. The highest BCUT2D eigenvalue weighted by atomic mass is 35.5. The summed E-state index contributed by atoms with van der Waals surface area (Å²) in [6.45, 7) is 0.931. The highest BCUT2D eigenvalue weighted by Crippen LogP contribution is 2.36. The number of hydrogen-bond donors (Lipinski definition) is 2. The van der Waals surface area contributed by atoms with E-state index in [0.29, 0.717) is 27.8 Å². The van der Waals surface area contributed by atoms with Crippen molar-refractivity contribution in [3.8, 4) is 11.5 Å². The third-order valence-electron chi connectivity index (χ3n) is 4.06. The summed E-state index contributed by atoms with van der Waals surface area (Å²) >= 11 is 6.10. The molecule has 0 spiro atoms. The molecule has 25 heavy (non-hydrogen) atoms. The van der Waals surface area contributed by atoms with Gasteiger partial charge in [0.2, 0.25) is 0 Å². The summed E-state index contributed by atoms with van der Waals surface area (Å²) in [6.07, 6.45) is 1.89. The normalized spacial score (nSPS) is 12.3. The molecule has 3 rings (SSSR count). The smallest absolute Gasteiger partial charge is 0.256 e. The van der Waals surface area contributed by atoms with E-state index < -0.39 is 0 Å². The van der Waals surface area contributed by atoms with Crippen molar-refractivity contribution in [1.82, 2.24) is 0 Å². The van der Waals surface area contributed by atoms with Gasteiger partial charge in [-0.05, 0) is 30.5 Å². The van der Waals surface area contributed by atoms with E-state index in [-0.39, 0.29) is 18.3 Å². The van der Waals surface area contributed by atoms with E-state index >= 15 is 0 Å². The number of carbonyl (C=O) groups is 1. The Bertz CT molecular complexity index is 781. The minimum absolute atomic E-state index is 0. The zero-order chi connectivity index (χ0) is 17.1. The van der Waals surface area contributed by atoms with Crippen molar-refractivity contribution in [2.75, 3.05) is 31.4 Å². The number of ether oxygens (including phenoxy) is 2. The molecule has 0 radical (unpaired) electrons. The van der Waals surface area contributed by atoms with E-state index in [1.807, 2.05) is 18.2 Å². The molecular formula is C18H20Cl2N2O3. The molecule has 2 aromatic rings. The molecule has 0 bridgehead atoms. The first-order valence-corrected chi connectivity index (χ1v) is 8.10. The van der Waals surface area contributed by atoms with E-state index in [9.17, 15) is 4.79 Å². The molecule has 0 fully saturated rings. The zero-order valence-corrected chi connectivity index (χ0v) is 15.6. The first-order valence-electron chi connectivity index (χ1n) is 7.72. The Morgan fingerprint density at radius 2 is 1.96 bits per heavy atom. The molecule has 2 aromatic carbocycles. The van der Waals surface area contributed by atoms with Crippen LogP contribution in [-0.4, -0.2) is 26.7 Å². The molecule has 1 amide bonds. The van der Waals surface area contributed by atoms with Crippen LogP contribution in [0.3, 0.4) is 0 Å². The summed E-state index contributed by atoms with van der Waals surface area (Å²) in [6, 6.07) is 8.99. The molecule has 0 atom stereocenters. The Hall–Kier alpha value is -2.11. The molecule has 134 valence electrons. The average Bonchev–Trinajstić information content (AvgIpc) is 2.62. The van der Waals surface area contributed by atoms with Crippen molar-refractivity contribution in [3.63, 3.8) is 0 Å². The molecule has 1 aliphatic heterocycles. The predicted octanol–water partition coefficient (Wildman–Crippen LogP) is 4.39. The molecule has 0 saturated carbocycles. The second-order valence-electron chi connectivity index (χ2n) is 5.50. The van der Waals surface area contributed by atoms with Crippen molar-refractivity contribution in [1.29, 1.82) is 0 Å². The predicted molar refractivity (Wildman–Crippen MR) is 103 cm³/mol. The highest BCUT2D eigenvalue weighted by Gasteiger charge is 2.19. The SMILES string of the molecule is COc1cc(NC(=O)c2cccc3c2CCCN3)c(OC)cc1Cl.Cl. The lowest BCUT2D eigenvalue weighted by Gasteiger charge is -2.21. The Balaban J connectivity index is 0.00000225. The summed E-state index contributed by atoms with van der Waals surface area (Å²) in [7, 11) is 3.06. The fourth-order valence-corrected chi connectivity index (χ4v) is 3.10. The van der Waals surface area contributed by atoms with Crippen LogP contribution in [0.2, 0.25) is 5.02 Å². The topological polar surface area (TPSA) is 59.6 Å². The lowest BCUT2D eigenvalue weighted by molar-refractivity contribution is 0.102. The number of benzene rings is 2. The van der Waals surface area contributed by atoms with Gasteiger partial charge in [-0.1, -0.05) is 17.7 Å². The monoisotopic (exact) mass is 382 g/mol. The molecule has 0 unspecified atom stereocenters. The van der Waals surface area contributed by atoms with E-state index in [1.54, 1.807) is 12.1 Å². The summed E-state index contributed by atoms with van der Waals surface area (Å²) < 4.78 is 10.5. The summed E-state index contributed by atoms with van der Waals surface area (Å²) in [5, 5.41) is 6.65. The van der Waals surface area contributed by atoms with Crippen LogP contribution in [0.1, 0.15) is 22.3 Å². The van der Waals surface area contributed by atoms with Crippen LogP contribution < -0.4 is 20.1 Å². The van der Waals surface area contributed by atoms with Gasteiger partial charge < -0.3 is 20.1 Å². The average molecular weight is 383 g/mol. The molecular weight excluding hydrogens is 363 g/mol. The van der Waals surface area contributed by atoms with Gasteiger partial charge in [-0.25, -0.2) is 0 Å². The van der Waals surface area contributed by atoms with Crippen LogP contribution in [0.4, 0.5) is 11.4 Å². The third-order valence-corrected chi connectivity index (χ3v) is 4.36. The number of amides is 1. The van der Waals surface area contributed by atoms with Gasteiger partial charge in [0.1, 0.15) is 11.5 Å². The molecule has 2 N–H and O–H groups in total. The fourth-order valence-electron chi connectivity index (χ4n) is 2.87. The largest absolute Gasteiger partial charge is 0.495 e. The number of halogens is 2. The minimum Gasteiger partial charge on any atom is -0.495 e. The second kappa shape index (κ2) is 8.32. The van der Waals surface area contributed by atoms with Gasteiger partial charge in [-0.3, -0.25) is 4.79 Å². The van der Waals surface area contributed by atoms with Gasteiger partial charge in [0.05, 0.1) is 24.9 Å². The maximum atomic E-state index is 12.8. The number of fused-ring (bicyclic) bond motifs is 1. The maximum absolute atomic E-state index is 12.8. The van der Waals surface area contributed by atoms with Crippen LogP contribution in [0.25, 0.3) is 0 Å². The number of rotatable bonds is 4. The molecule has 0 aromatic heterocycles. The van der Waals surface area contributed by atoms with Gasteiger partial charge in [-0.2, -0.15) is 0 Å². The van der Waals surface area contributed by atoms with E-state index in [1.165, 1.54) is 14.2 Å². The highest BCUT2D eigenvalue weighted by molar-refractivity contribution is 6.32. The molecule has 1 heterocycles. The summed E-state index contributed by atoms with van der Waals surface area (Å²) in [5.74, 6) is 0.778. The maximum Gasteiger partial charge on any atom is 0.256 e.